The maximum Gasteiger partial charge on any atom is 0.265 e. The van der Waals surface area contributed by atoms with Crippen LogP contribution >= 0.6 is 0 Å². The van der Waals surface area contributed by atoms with Gasteiger partial charge in [-0.05, 0) is 30.0 Å². The molecule has 1 aromatic carbocycles. The summed E-state index contributed by atoms with van der Waals surface area (Å²) in [4.78, 5) is 24.4. The summed E-state index contributed by atoms with van der Waals surface area (Å²) < 4.78 is 5.38. The van der Waals surface area contributed by atoms with Crippen molar-refractivity contribution >= 4 is 17.5 Å². The number of carbonyl (C=O) groups is 2. The number of benzene rings is 1. The van der Waals surface area contributed by atoms with E-state index >= 15 is 0 Å². The Morgan fingerprint density at radius 1 is 1.43 bits per heavy atom. The molecule has 1 aliphatic heterocycles. The van der Waals surface area contributed by atoms with Crippen LogP contribution in [0.3, 0.4) is 0 Å². The highest BCUT2D eigenvalue weighted by molar-refractivity contribution is 6.01. The first-order chi connectivity index (χ1) is 9.88. The highest BCUT2D eigenvalue weighted by Crippen LogP contribution is 2.34. The van der Waals surface area contributed by atoms with Gasteiger partial charge in [-0.2, -0.15) is 0 Å². The summed E-state index contributed by atoms with van der Waals surface area (Å²) >= 11 is 0. The molecule has 0 aliphatic carbocycles. The van der Waals surface area contributed by atoms with Crippen LogP contribution in [-0.4, -0.2) is 25.0 Å². The lowest BCUT2D eigenvalue weighted by Gasteiger charge is -2.29. The van der Waals surface area contributed by atoms with E-state index in [4.69, 9.17) is 16.2 Å². The van der Waals surface area contributed by atoms with Crippen molar-refractivity contribution in [2.45, 2.75) is 26.3 Å². The molecule has 6 nitrogen and oxygen atoms in total. The standard InChI is InChI=1S/C15H21N3O3/c1-9(2)5-11(16)10-3-4-13-12(6-10)18(7-14(17)19)15(20)8-21-13/h3-4,6,9,11H,5,7-8,16H2,1-2H3,(H2,17,19). The predicted molar refractivity (Wildman–Crippen MR) is 79.9 cm³/mol. The molecule has 2 amide bonds. The molecule has 0 spiro atoms. The summed E-state index contributed by atoms with van der Waals surface area (Å²) in [6, 6.07) is 5.36. The third-order valence-electron chi connectivity index (χ3n) is 3.39. The average molecular weight is 291 g/mol. The minimum atomic E-state index is -0.562. The Labute approximate surface area is 124 Å². The Morgan fingerprint density at radius 2 is 2.14 bits per heavy atom. The zero-order chi connectivity index (χ0) is 15.6. The van der Waals surface area contributed by atoms with Crippen molar-refractivity contribution in [1.29, 1.82) is 0 Å². The van der Waals surface area contributed by atoms with Crippen LogP contribution in [0.25, 0.3) is 0 Å². The molecular formula is C15H21N3O3. The van der Waals surface area contributed by atoms with Gasteiger partial charge in [0.15, 0.2) is 6.61 Å². The van der Waals surface area contributed by atoms with Crippen molar-refractivity contribution < 1.29 is 14.3 Å². The number of nitrogens with two attached hydrogens (primary N) is 2. The molecule has 1 aromatic rings. The molecule has 0 saturated carbocycles. The van der Waals surface area contributed by atoms with Crippen molar-refractivity contribution in [2.24, 2.45) is 17.4 Å². The fourth-order valence-corrected chi connectivity index (χ4v) is 2.42. The first kappa shape index (κ1) is 15.3. The van der Waals surface area contributed by atoms with Gasteiger partial charge in [-0.15, -0.1) is 0 Å². The van der Waals surface area contributed by atoms with E-state index in [1.165, 1.54) is 4.90 Å². The van der Waals surface area contributed by atoms with E-state index < -0.39 is 5.91 Å². The molecular weight excluding hydrogens is 270 g/mol. The van der Waals surface area contributed by atoms with Gasteiger partial charge >= 0.3 is 0 Å². The SMILES string of the molecule is CC(C)CC(N)c1ccc2c(c1)N(CC(N)=O)C(=O)CO2. The van der Waals surface area contributed by atoms with Gasteiger partial charge in [-0.3, -0.25) is 14.5 Å². The summed E-state index contributed by atoms with van der Waals surface area (Å²) in [6.07, 6.45) is 0.837. The van der Waals surface area contributed by atoms with Crippen molar-refractivity contribution in [3.05, 3.63) is 23.8 Å². The van der Waals surface area contributed by atoms with Crippen LogP contribution in [0.15, 0.2) is 18.2 Å². The molecule has 1 unspecified atom stereocenters. The first-order valence-electron chi connectivity index (χ1n) is 6.99. The van der Waals surface area contributed by atoms with Crippen LogP contribution in [0, 0.1) is 5.92 Å². The topological polar surface area (TPSA) is 98.6 Å². The van der Waals surface area contributed by atoms with E-state index in [0.717, 1.165) is 12.0 Å². The number of anilines is 1. The quantitative estimate of drug-likeness (QED) is 0.843. The molecule has 0 saturated heterocycles. The number of rotatable bonds is 5. The van der Waals surface area contributed by atoms with Crippen LogP contribution in [0.5, 0.6) is 5.75 Å². The van der Waals surface area contributed by atoms with Crippen LogP contribution < -0.4 is 21.1 Å². The molecule has 114 valence electrons. The second kappa shape index (κ2) is 6.13. The number of primary amides is 1. The summed E-state index contributed by atoms with van der Waals surface area (Å²) in [5.41, 5.74) is 12.9. The van der Waals surface area contributed by atoms with Gasteiger partial charge in [0.25, 0.3) is 5.91 Å². The zero-order valence-electron chi connectivity index (χ0n) is 12.3. The van der Waals surface area contributed by atoms with Gasteiger partial charge in [-0.25, -0.2) is 0 Å². The lowest BCUT2D eigenvalue weighted by molar-refractivity contribution is -0.124. The number of fused-ring (bicyclic) bond motifs is 1. The smallest absolute Gasteiger partial charge is 0.265 e. The maximum absolute atomic E-state index is 11.9. The molecule has 21 heavy (non-hydrogen) atoms. The second-order valence-electron chi connectivity index (χ2n) is 5.70. The predicted octanol–water partition coefficient (Wildman–Crippen LogP) is 0.943. The van der Waals surface area contributed by atoms with E-state index in [1.54, 1.807) is 6.07 Å². The molecule has 1 heterocycles. The van der Waals surface area contributed by atoms with E-state index in [0.29, 0.717) is 17.4 Å². The summed E-state index contributed by atoms with van der Waals surface area (Å²) in [5.74, 6) is 0.191. The maximum atomic E-state index is 11.9. The fourth-order valence-electron chi connectivity index (χ4n) is 2.42. The van der Waals surface area contributed by atoms with Gasteiger partial charge in [0.2, 0.25) is 5.91 Å². The van der Waals surface area contributed by atoms with E-state index in [9.17, 15) is 9.59 Å². The minimum Gasteiger partial charge on any atom is -0.482 e. The molecule has 6 heteroatoms. The number of hydrogen-bond acceptors (Lipinski definition) is 4. The monoisotopic (exact) mass is 291 g/mol. The Hall–Kier alpha value is -2.08. The Morgan fingerprint density at radius 3 is 2.76 bits per heavy atom. The molecule has 0 radical (unpaired) electrons. The van der Waals surface area contributed by atoms with Crippen molar-refractivity contribution in [1.82, 2.24) is 0 Å². The van der Waals surface area contributed by atoms with Crippen LogP contribution in [0.2, 0.25) is 0 Å². The minimum absolute atomic E-state index is 0.0856. The van der Waals surface area contributed by atoms with Crippen molar-refractivity contribution in [3.8, 4) is 5.75 Å². The van der Waals surface area contributed by atoms with E-state index in [-0.39, 0.29) is 25.1 Å². The Kier molecular flexibility index (Phi) is 4.47. The molecule has 4 N–H and O–H groups in total. The van der Waals surface area contributed by atoms with Crippen LogP contribution in [0.4, 0.5) is 5.69 Å². The van der Waals surface area contributed by atoms with Gasteiger partial charge in [0.1, 0.15) is 12.3 Å². The first-order valence-corrected chi connectivity index (χ1v) is 6.99. The lowest BCUT2D eigenvalue weighted by Crippen LogP contribution is -2.43. The Balaban J connectivity index is 2.33. The second-order valence-corrected chi connectivity index (χ2v) is 5.70. The third kappa shape index (κ3) is 3.52. The zero-order valence-corrected chi connectivity index (χ0v) is 12.3. The third-order valence-corrected chi connectivity index (χ3v) is 3.39. The summed E-state index contributed by atoms with van der Waals surface area (Å²) in [7, 11) is 0. The normalized spacial score (nSPS) is 15.6. The van der Waals surface area contributed by atoms with Gasteiger partial charge in [0, 0.05) is 6.04 Å². The highest BCUT2D eigenvalue weighted by Gasteiger charge is 2.27. The average Bonchev–Trinajstić information content (AvgIpc) is 2.40. The molecule has 1 atom stereocenters. The van der Waals surface area contributed by atoms with Crippen molar-refractivity contribution in [3.63, 3.8) is 0 Å². The van der Waals surface area contributed by atoms with Gasteiger partial charge < -0.3 is 16.2 Å². The number of nitrogens with zero attached hydrogens (tertiary/aromatic N) is 1. The number of hydrogen-bond donors (Lipinski definition) is 2. The van der Waals surface area contributed by atoms with E-state index in [1.807, 2.05) is 12.1 Å². The van der Waals surface area contributed by atoms with Crippen molar-refractivity contribution in [2.75, 3.05) is 18.1 Å². The van der Waals surface area contributed by atoms with Crippen LogP contribution in [-0.2, 0) is 9.59 Å². The molecule has 0 bridgehead atoms. The fraction of sp³-hybridized carbons (Fsp3) is 0.467. The highest BCUT2D eigenvalue weighted by atomic mass is 16.5. The number of ether oxygens (including phenoxy) is 1. The molecule has 0 aromatic heterocycles. The van der Waals surface area contributed by atoms with Gasteiger partial charge in [0.05, 0.1) is 5.69 Å². The number of carbonyl (C=O) groups excluding carboxylic acids is 2. The molecule has 0 fully saturated rings. The number of amides is 2. The lowest BCUT2D eigenvalue weighted by atomic mass is 9.97. The summed E-state index contributed by atoms with van der Waals surface area (Å²) in [6.45, 7) is 3.96. The van der Waals surface area contributed by atoms with Crippen LogP contribution in [0.1, 0.15) is 31.9 Å². The van der Waals surface area contributed by atoms with Gasteiger partial charge in [-0.1, -0.05) is 19.9 Å². The largest absolute Gasteiger partial charge is 0.482 e. The summed E-state index contributed by atoms with van der Waals surface area (Å²) in [5, 5.41) is 0. The molecule has 2 rings (SSSR count). The van der Waals surface area contributed by atoms with E-state index in [2.05, 4.69) is 13.8 Å². The Bertz CT molecular complexity index is 557. The molecule has 1 aliphatic rings.